The van der Waals surface area contributed by atoms with E-state index in [0.29, 0.717) is 10.0 Å². The molecule has 126 valence electrons. The topological polar surface area (TPSA) is 46.5 Å². The van der Waals surface area contributed by atoms with Crippen LogP contribution in [0, 0.1) is 0 Å². The lowest BCUT2D eigenvalue weighted by molar-refractivity contribution is -0.137. The summed E-state index contributed by atoms with van der Waals surface area (Å²) >= 11 is 3.25. The first-order chi connectivity index (χ1) is 11.2. The van der Waals surface area contributed by atoms with Crippen LogP contribution >= 0.6 is 15.9 Å². The van der Waals surface area contributed by atoms with Gasteiger partial charge >= 0.3 is 6.18 Å². The number of carbonyl (C=O) groups is 1. The number of aromatic hydroxyl groups is 1. The van der Waals surface area contributed by atoms with Gasteiger partial charge in [-0.25, -0.2) is 0 Å². The van der Waals surface area contributed by atoms with Gasteiger partial charge in [-0.3, -0.25) is 4.79 Å². The molecule has 0 spiro atoms. The number of alkyl halides is 3. The minimum absolute atomic E-state index is 0.0596. The molecule has 0 fully saturated rings. The smallest absolute Gasteiger partial charge is 0.416 e. The summed E-state index contributed by atoms with van der Waals surface area (Å²) in [5, 5.41) is 9.62. The van der Waals surface area contributed by atoms with Crippen molar-refractivity contribution in [3.05, 3.63) is 63.6 Å². The Balaban J connectivity index is 2.22. The second kappa shape index (κ2) is 7.09. The summed E-state index contributed by atoms with van der Waals surface area (Å²) in [6.07, 6.45) is -1.73. The number of benzene rings is 2. The summed E-state index contributed by atoms with van der Waals surface area (Å²) < 4.78 is 43.0. The van der Waals surface area contributed by atoms with E-state index in [9.17, 15) is 23.1 Å². The van der Waals surface area contributed by atoms with Crippen LogP contribution in [0.25, 0.3) is 6.08 Å². The van der Waals surface area contributed by atoms with Crippen molar-refractivity contribution in [2.24, 2.45) is 0 Å². The summed E-state index contributed by atoms with van der Waals surface area (Å²) in [6.45, 7) is 0. The van der Waals surface area contributed by atoms with Crippen molar-refractivity contribution in [2.75, 3.05) is 7.11 Å². The molecule has 0 radical (unpaired) electrons. The Bertz CT molecular complexity index is 781. The molecule has 0 unspecified atom stereocenters. The van der Waals surface area contributed by atoms with E-state index >= 15 is 0 Å². The van der Waals surface area contributed by atoms with E-state index in [4.69, 9.17) is 4.74 Å². The highest BCUT2D eigenvalue weighted by atomic mass is 79.9. The zero-order valence-electron chi connectivity index (χ0n) is 12.4. The molecule has 0 aliphatic carbocycles. The van der Waals surface area contributed by atoms with Crippen LogP contribution in [0.15, 0.2) is 46.9 Å². The normalized spacial score (nSPS) is 11.7. The highest BCUT2D eigenvalue weighted by Crippen LogP contribution is 2.33. The van der Waals surface area contributed by atoms with E-state index < -0.39 is 17.5 Å². The average molecular weight is 401 g/mol. The van der Waals surface area contributed by atoms with E-state index in [1.165, 1.54) is 31.4 Å². The molecular weight excluding hydrogens is 389 g/mol. The summed E-state index contributed by atoms with van der Waals surface area (Å²) in [5.41, 5.74) is -0.0972. The zero-order chi connectivity index (χ0) is 17.9. The second-order valence-corrected chi connectivity index (χ2v) is 5.67. The van der Waals surface area contributed by atoms with Crippen LogP contribution in [0.1, 0.15) is 21.5 Å². The maximum Gasteiger partial charge on any atom is 0.416 e. The Labute approximate surface area is 144 Å². The third-order valence-corrected chi connectivity index (χ3v) is 3.90. The number of hydrogen-bond acceptors (Lipinski definition) is 3. The molecular formula is C17H12BrF3O3. The van der Waals surface area contributed by atoms with Gasteiger partial charge in [-0.2, -0.15) is 13.2 Å². The fourth-order valence-corrected chi connectivity index (χ4v) is 2.40. The first kappa shape index (κ1) is 18.1. The number of hydrogen-bond donors (Lipinski definition) is 1. The third-order valence-electron chi connectivity index (χ3n) is 3.21. The number of ketones is 1. The van der Waals surface area contributed by atoms with Crippen molar-refractivity contribution >= 4 is 27.8 Å². The van der Waals surface area contributed by atoms with Crippen molar-refractivity contribution in [3.8, 4) is 11.5 Å². The number of phenols is 1. The predicted molar refractivity (Wildman–Crippen MR) is 87.2 cm³/mol. The number of allylic oxidation sites excluding steroid dienone is 1. The summed E-state index contributed by atoms with van der Waals surface area (Å²) in [6, 6.07) is 6.92. The molecule has 2 aromatic rings. The molecule has 0 aromatic heterocycles. The average Bonchev–Trinajstić information content (AvgIpc) is 2.53. The van der Waals surface area contributed by atoms with Crippen molar-refractivity contribution in [2.45, 2.75) is 6.18 Å². The number of ether oxygens (including phenoxy) is 1. The van der Waals surface area contributed by atoms with Gasteiger partial charge in [0.05, 0.1) is 12.7 Å². The fraction of sp³-hybridized carbons (Fsp3) is 0.118. The van der Waals surface area contributed by atoms with Crippen LogP contribution in [0.5, 0.6) is 11.5 Å². The summed E-state index contributed by atoms with van der Waals surface area (Å²) in [4.78, 5) is 12.0. The summed E-state index contributed by atoms with van der Waals surface area (Å²) in [5.74, 6) is -0.266. The molecule has 7 heteroatoms. The monoisotopic (exact) mass is 400 g/mol. The van der Waals surface area contributed by atoms with Crippen LogP contribution in [-0.4, -0.2) is 18.0 Å². The number of halogens is 4. The van der Waals surface area contributed by atoms with E-state index in [1.807, 2.05) is 0 Å². The highest BCUT2D eigenvalue weighted by molar-refractivity contribution is 9.10. The Morgan fingerprint density at radius 3 is 2.38 bits per heavy atom. The molecule has 0 atom stereocenters. The summed E-state index contributed by atoms with van der Waals surface area (Å²) in [7, 11) is 1.39. The minimum Gasteiger partial charge on any atom is -0.504 e. The Hall–Kier alpha value is -2.28. The van der Waals surface area contributed by atoms with Crippen LogP contribution in [0.4, 0.5) is 13.2 Å². The molecule has 1 N–H and O–H groups in total. The van der Waals surface area contributed by atoms with Crippen molar-refractivity contribution < 1.29 is 27.8 Å². The van der Waals surface area contributed by atoms with Crippen LogP contribution < -0.4 is 4.74 Å². The number of carbonyl (C=O) groups excluding carboxylic acids is 1. The van der Waals surface area contributed by atoms with E-state index in [1.54, 1.807) is 0 Å². The van der Waals surface area contributed by atoms with Gasteiger partial charge in [-0.05, 0) is 42.0 Å². The minimum atomic E-state index is -4.44. The molecule has 24 heavy (non-hydrogen) atoms. The molecule has 0 saturated carbocycles. The van der Waals surface area contributed by atoms with Gasteiger partial charge in [0.15, 0.2) is 17.3 Å². The second-order valence-electron chi connectivity index (χ2n) is 4.82. The first-order valence-corrected chi connectivity index (χ1v) is 7.48. The lowest BCUT2D eigenvalue weighted by atomic mass is 10.1. The van der Waals surface area contributed by atoms with Crippen LogP contribution in [0.2, 0.25) is 0 Å². The van der Waals surface area contributed by atoms with Gasteiger partial charge in [-0.15, -0.1) is 0 Å². The first-order valence-electron chi connectivity index (χ1n) is 6.68. The SMILES string of the molecule is COc1cc(C=CC(=O)c2ccc(C(F)(F)F)cc2)c(Br)cc1O. The van der Waals surface area contributed by atoms with Gasteiger partial charge in [0.2, 0.25) is 0 Å². The van der Waals surface area contributed by atoms with E-state index in [0.717, 1.165) is 24.3 Å². The third kappa shape index (κ3) is 4.17. The molecule has 2 rings (SSSR count). The van der Waals surface area contributed by atoms with Gasteiger partial charge in [0.1, 0.15) is 0 Å². The fourth-order valence-electron chi connectivity index (χ4n) is 1.94. The van der Waals surface area contributed by atoms with Gasteiger partial charge in [0, 0.05) is 10.0 Å². The molecule has 0 aliphatic heterocycles. The quantitative estimate of drug-likeness (QED) is 0.574. The predicted octanol–water partition coefficient (Wildman–Crippen LogP) is 5.08. The Morgan fingerprint density at radius 2 is 1.83 bits per heavy atom. The van der Waals surface area contributed by atoms with E-state index in [2.05, 4.69) is 15.9 Å². The standard InChI is InChI=1S/C17H12BrF3O3/c1-24-16-8-11(13(18)9-15(16)23)4-7-14(22)10-2-5-12(6-3-10)17(19,20)21/h2-9,23H,1H3. The lowest BCUT2D eigenvalue weighted by Gasteiger charge is -2.07. The Morgan fingerprint density at radius 1 is 1.21 bits per heavy atom. The molecule has 0 bridgehead atoms. The largest absolute Gasteiger partial charge is 0.504 e. The number of phenolic OH excluding ortho intramolecular Hbond substituents is 1. The molecule has 0 saturated heterocycles. The van der Waals surface area contributed by atoms with E-state index in [-0.39, 0.29) is 17.1 Å². The van der Waals surface area contributed by atoms with Gasteiger partial charge < -0.3 is 9.84 Å². The number of rotatable bonds is 4. The van der Waals surface area contributed by atoms with Crippen LogP contribution in [0.3, 0.4) is 0 Å². The molecule has 0 amide bonds. The van der Waals surface area contributed by atoms with Crippen molar-refractivity contribution in [1.29, 1.82) is 0 Å². The molecule has 0 heterocycles. The molecule has 2 aromatic carbocycles. The van der Waals surface area contributed by atoms with Crippen molar-refractivity contribution in [3.63, 3.8) is 0 Å². The molecule has 3 nitrogen and oxygen atoms in total. The highest BCUT2D eigenvalue weighted by Gasteiger charge is 2.30. The zero-order valence-corrected chi connectivity index (χ0v) is 14.0. The molecule has 0 aliphatic rings. The number of methoxy groups -OCH3 is 1. The Kier molecular flexibility index (Phi) is 5.33. The van der Waals surface area contributed by atoms with Gasteiger partial charge in [-0.1, -0.05) is 28.1 Å². The van der Waals surface area contributed by atoms with Gasteiger partial charge in [0.25, 0.3) is 0 Å². The lowest BCUT2D eigenvalue weighted by Crippen LogP contribution is -2.05. The van der Waals surface area contributed by atoms with Crippen molar-refractivity contribution in [1.82, 2.24) is 0 Å². The van der Waals surface area contributed by atoms with Crippen LogP contribution in [-0.2, 0) is 6.18 Å². The maximum atomic E-state index is 12.5. The maximum absolute atomic E-state index is 12.5.